The van der Waals surface area contributed by atoms with Gasteiger partial charge in [0.15, 0.2) is 5.96 Å². The molecule has 1 aliphatic rings. The second-order valence-corrected chi connectivity index (χ2v) is 7.17. The fourth-order valence-corrected chi connectivity index (χ4v) is 3.73. The highest BCUT2D eigenvalue weighted by Gasteiger charge is 2.21. The second kappa shape index (κ2) is 9.17. The molecular formula is C20H29F2N5. The molecule has 1 fully saturated rings. The largest absolute Gasteiger partial charge is 0.361 e. The highest BCUT2D eigenvalue weighted by molar-refractivity contribution is 5.86. The smallest absolute Gasteiger partial charge is 0.251 e. The number of aromatic nitrogens is 1. The molecule has 1 saturated heterocycles. The molecule has 0 amide bonds. The number of piperidine rings is 1. The van der Waals surface area contributed by atoms with Crippen molar-refractivity contribution in [1.29, 1.82) is 0 Å². The van der Waals surface area contributed by atoms with Crippen LogP contribution in [0.4, 0.5) is 8.78 Å². The number of halogens is 2. The van der Waals surface area contributed by atoms with Crippen LogP contribution in [0.5, 0.6) is 0 Å². The summed E-state index contributed by atoms with van der Waals surface area (Å²) in [5.74, 6) is 0.776. The van der Waals surface area contributed by atoms with E-state index in [1.807, 2.05) is 4.90 Å². The van der Waals surface area contributed by atoms with Gasteiger partial charge < -0.3 is 15.6 Å². The topological polar surface area (TPSA) is 55.5 Å². The lowest BCUT2D eigenvalue weighted by atomic mass is 10.1. The van der Waals surface area contributed by atoms with Gasteiger partial charge >= 0.3 is 0 Å². The Labute approximate surface area is 159 Å². The summed E-state index contributed by atoms with van der Waals surface area (Å²) in [7, 11) is 1.76. The molecule has 1 aliphatic heterocycles. The fourth-order valence-electron chi connectivity index (χ4n) is 3.73. The van der Waals surface area contributed by atoms with E-state index in [2.05, 4.69) is 51.9 Å². The van der Waals surface area contributed by atoms with Crippen molar-refractivity contribution in [1.82, 2.24) is 20.5 Å². The summed E-state index contributed by atoms with van der Waals surface area (Å²) in [6, 6.07) is 6.62. The number of hydrogen-bond donors (Lipinski definition) is 3. The summed E-state index contributed by atoms with van der Waals surface area (Å²) in [5, 5.41) is 8.06. The number of H-pyrrole nitrogens is 1. The predicted octanol–water partition coefficient (Wildman–Crippen LogP) is 2.91. The zero-order valence-electron chi connectivity index (χ0n) is 16.1. The second-order valence-electron chi connectivity index (χ2n) is 7.17. The van der Waals surface area contributed by atoms with Gasteiger partial charge in [-0.25, -0.2) is 8.78 Å². The SMILES string of the molecule is CN=C(NCCc1c[nH]c2c(C)cccc12)NC1CCN(CC(F)F)CC1. The molecule has 148 valence electrons. The van der Waals surface area contributed by atoms with E-state index in [1.54, 1.807) is 7.05 Å². The first kappa shape index (κ1) is 19.6. The van der Waals surface area contributed by atoms with Crippen molar-refractivity contribution >= 4 is 16.9 Å². The average molecular weight is 377 g/mol. The quantitative estimate of drug-likeness (QED) is 0.536. The number of alkyl halides is 2. The van der Waals surface area contributed by atoms with Crippen molar-refractivity contribution in [2.45, 2.75) is 38.7 Å². The number of aliphatic imine (C=N–C) groups is 1. The van der Waals surface area contributed by atoms with Crippen LogP contribution in [-0.2, 0) is 6.42 Å². The number of para-hydroxylation sites is 1. The lowest BCUT2D eigenvalue weighted by Crippen LogP contribution is -2.49. The Balaban J connectivity index is 1.45. The minimum absolute atomic E-state index is 0.121. The zero-order chi connectivity index (χ0) is 19.2. The van der Waals surface area contributed by atoms with Crippen LogP contribution in [-0.4, -0.2) is 61.5 Å². The number of guanidine groups is 1. The number of fused-ring (bicyclic) bond motifs is 1. The molecule has 2 heterocycles. The van der Waals surface area contributed by atoms with Crippen molar-refractivity contribution in [3.8, 4) is 0 Å². The molecule has 5 nitrogen and oxygen atoms in total. The van der Waals surface area contributed by atoms with Crippen LogP contribution in [0.2, 0.25) is 0 Å². The molecule has 0 bridgehead atoms. The lowest BCUT2D eigenvalue weighted by molar-refractivity contribution is 0.0744. The number of hydrogen-bond acceptors (Lipinski definition) is 2. The van der Waals surface area contributed by atoms with Crippen LogP contribution in [0.3, 0.4) is 0 Å². The summed E-state index contributed by atoms with van der Waals surface area (Å²) in [6.07, 6.45) is 2.44. The standard InChI is InChI=1S/C20H29F2N5/c1-14-4-3-5-17-15(12-25-19(14)17)6-9-24-20(23-2)26-16-7-10-27(11-8-16)13-18(21)22/h3-5,12,16,18,25H,6-11,13H2,1-2H3,(H2,23,24,26). The third-order valence-corrected chi connectivity index (χ3v) is 5.24. The first-order chi connectivity index (χ1) is 13.1. The summed E-state index contributed by atoms with van der Waals surface area (Å²) < 4.78 is 24.9. The minimum atomic E-state index is -2.25. The molecule has 1 aromatic carbocycles. The van der Waals surface area contributed by atoms with E-state index in [9.17, 15) is 8.78 Å². The van der Waals surface area contributed by atoms with E-state index in [4.69, 9.17) is 0 Å². The summed E-state index contributed by atoms with van der Waals surface area (Å²) >= 11 is 0. The molecule has 0 unspecified atom stereocenters. The van der Waals surface area contributed by atoms with Gasteiger partial charge in [-0.2, -0.15) is 0 Å². The maximum atomic E-state index is 12.5. The van der Waals surface area contributed by atoms with Crippen molar-refractivity contribution in [2.24, 2.45) is 4.99 Å². The number of aromatic amines is 1. The monoisotopic (exact) mass is 377 g/mol. The normalized spacial score (nSPS) is 17.0. The third kappa shape index (κ3) is 5.19. The van der Waals surface area contributed by atoms with E-state index in [0.717, 1.165) is 31.8 Å². The van der Waals surface area contributed by atoms with E-state index < -0.39 is 6.43 Å². The first-order valence-corrected chi connectivity index (χ1v) is 9.60. The van der Waals surface area contributed by atoms with Crippen LogP contribution in [0.1, 0.15) is 24.0 Å². The molecule has 27 heavy (non-hydrogen) atoms. The fraction of sp³-hybridized carbons (Fsp3) is 0.550. The van der Waals surface area contributed by atoms with Crippen LogP contribution in [0.15, 0.2) is 29.4 Å². The van der Waals surface area contributed by atoms with E-state index in [1.165, 1.54) is 22.0 Å². The number of rotatable bonds is 6. The maximum absolute atomic E-state index is 12.5. The van der Waals surface area contributed by atoms with Crippen molar-refractivity contribution in [3.05, 3.63) is 35.5 Å². The van der Waals surface area contributed by atoms with Crippen LogP contribution in [0, 0.1) is 6.92 Å². The average Bonchev–Trinajstić information content (AvgIpc) is 3.06. The Kier molecular flexibility index (Phi) is 6.66. The minimum Gasteiger partial charge on any atom is -0.361 e. The molecular weight excluding hydrogens is 348 g/mol. The number of benzene rings is 1. The van der Waals surface area contributed by atoms with Gasteiger partial charge in [0.25, 0.3) is 6.43 Å². The Morgan fingerprint density at radius 2 is 2.11 bits per heavy atom. The van der Waals surface area contributed by atoms with Crippen LogP contribution < -0.4 is 10.6 Å². The van der Waals surface area contributed by atoms with E-state index in [-0.39, 0.29) is 12.6 Å². The van der Waals surface area contributed by atoms with Crippen molar-refractivity contribution in [3.63, 3.8) is 0 Å². The molecule has 7 heteroatoms. The highest BCUT2D eigenvalue weighted by atomic mass is 19.3. The van der Waals surface area contributed by atoms with E-state index >= 15 is 0 Å². The van der Waals surface area contributed by atoms with Crippen LogP contribution in [0.25, 0.3) is 10.9 Å². The van der Waals surface area contributed by atoms with Gasteiger partial charge in [0.2, 0.25) is 0 Å². The van der Waals surface area contributed by atoms with Gasteiger partial charge in [0.05, 0.1) is 6.54 Å². The number of nitrogens with zero attached hydrogens (tertiary/aromatic N) is 2. The Bertz CT molecular complexity index is 763. The highest BCUT2D eigenvalue weighted by Crippen LogP contribution is 2.21. The summed E-state index contributed by atoms with van der Waals surface area (Å²) in [6.45, 7) is 4.18. The molecule has 0 aliphatic carbocycles. The Hall–Kier alpha value is -2.15. The predicted molar refractivity (Wildman–Crippen MR) is 107 cm³/mol. The number of likely N-dealkylation sites (tertiary alicyclic amines) is 1. The van der Waals surface area contributed by atoms with Gasteiger partial charge in [0, 0.05) is 49.8 Å². The molecule has 0 spiro atoms. The van der Waals surface area contributed by atoms with Gasteiger partial charge in [-0.05, 0) is 37.3 Å². The molecule has 0 atom stereocenters. The summed E-state index contributed by atoms with van der Waals surface area (Å²) in [5.41, 5.74) is 3.74. The van der Waals surface area contributed by atoms with Gasteiger partial charge in [-0.1, -0.05) is 18.2 Å². The van der Waals surface area contributed by atoms with Crippen molar-refractivity contribution < 1.29 is 8.78 Å². The molecule has 1 aromatic heterocycles. The third-order valence-electron chi connectivity index (χ3n) is 5.24. The molecule has 3 N–H and O–H groups in total. The van der Waals surface area contributed by atoms with Crippen LogP contribution >= 0.6 is 0 Å². The Morgan fingerprint density at radius 3 is 2.81 bits per heavy atom. The maximum Gasteiger partial charge on any atom is 0.251 e. The lowest BCUT2D eigenvalue weighted by Gasteiger charge is -2.32. The number of nitrogens with one attached hydrogen (secondary N) is 3. The first-order valence-electron chi connectivity index (χ1n) is 9.60. The van der Waals surface area contributed by atoms with Gasteiger partial charge in [-0.15, -0.1) is 0 Å². The van der Waals surface area contributed by atoms with E-state index in [0.29, 0.717) is 13.1 Å². The van der Waals surface area contributed by atoms with Gasteiger partial charge in [-0.3, -0.25) is 9.89 Å². The van der Waals surface area contributed by atoms with Gasteiger partial charge in [0.1, 0.15) is 0 Å². The molecule has 3 rings (SSSR count). The number of aryl methyl sites for hydroxylation is 1. The summed E-state index contributed by atoms with van der Waals surface area (Å²) in [4.78, 5) is 9.49. The zero-order valence-corrected chi connectivity index (χ0v) is 16.1. The Morgan fingerprint density at radius 1 is 1.33 bits per heavy atom. The molecule has 0 saturated carbocycles. The molecule has 2 aromatic rings. The van der Waals surface area contributed by atoms with Crippen molar-refractivity contribution in [2.75, 3.05) is 33.2 Å². The molecule has 0 radical (unpaired) electrons.